The number of carboxylic acid groups (broad SMARTS) is 1. The lowest BCUT2D eigenvalue weighted by Crippen LogP contribution is -2.41. The molecule has 4 rings (SSSR count). The molecular formula is C30H35F3N2O4. The first-order valence-corrected chi connectivity index (χ1v) is 13.3. The Morgan fingerprint density at radius 2 is 1.85 bits per heavy atom. The Balaban J connectivity index is 1.39. The van der Waals surface area contributed by atoms with Crippen LogP contribution in [0.4, 0.5) is 13.2 Å². The van der Waals surface area contributed by atoms with Crippen LogP contribution >= 0.6 is 0 Å². The number of carboxylic acids is 1. The number of piperidine rings is 1. The van der Waals surface area contributed by atoms with Gasteiger partial charge in [0.2, 0.25) is 0 Å². The lowest BCUT2D eigenvalue weighted by molar-refractivity contribution is -0.141. The summed E-state index contributed by atoms with van der Waals surface area (Å²) >= 11 is 0. The van der Waals surface area contributed by atoms with Crippen molar-refractivity contribution in [1.82, 2.24) is 9.88 Å². The first-order valence-electron chi connectivity index (χ1n) is 13.3. The molecule has 1 fully saturated rings. The number of benzene rings is 2. The number of hydrogen-bond acceptors (Lipinski definition) is 5. The monoisotopic (exact) mass is 544 g/mol. The van der Waals surface area contributed by atoms with Crippen molar-refractivity contribution in [3.05, 3.63) is 70.7 Å². The van der Waals surface area contributed by atoms with Crippen LogP contribution in [0.15, 0.2) is 36.5 Å². The minimum atomic E-state index is -0.934. The molecule has 0 spiro atoms. The van der Waals surface area contributed by atoms with E-state index in [2.05, 4.69) is 9.88 Å². The van der Waals surface area contributed by atoms with Crippen molar-refractivity contribution in [2.75, 3.05) is 26.7 Å². The molecule has 39 heavy (non-hydrogen) atoms. The largest absolute Gasteiger partial charge is 0.497 e. The molecule has 2 heterocycles. The van der Waals surface area contributed by atoms with Crippen LogP contribution in [0, 0.1) is 29.8 Å². The molecule has 1 aromatic heterocycles. The average Bonchev–Trinajstić information content (AvgIpc) is 2.89. The van der Waals surface area contributed by atoms with E-state index < -0.39 is 34.9 Å². The van der Waals surface area contributed by atoms with Gasteiger partial charge in [-0.2, -0.15) is 0 Å². The smallest absolute Gasteiger partial charge is 0.303 e. The lowest BCUT2D eigenvalue weighted by Gasteiger charge is -2.41. The molecule has 0 bridgehead atoms. The molecule has 1 saturated heterocycles. The van der Waals surface area contributed by atoms with Crippen molar-refractivity contribution in [2.45, 2.75) is 58.0 Å². The molecule has 0 aliphatic carbocycles. The number of hydrogen-bond donors (Lipinski definition) is 2. The summed E-state index contributed by atoms with van der Waals surface area (Å²) in [6.07, 6.45) is 3.89. The Morgan fingerprint density at radius 1 is 1.15 bits per heavy atom. The molecule has 210 valence electrons. The third-order valence-corrected chi connectivity index (χ3v) is 8.05. The first kappa shape index (κ1) is 28.8. The van der Waals surface area contributed by atoms with E-state index in [0.29, 0.717) is 69.6 Å². The first-order chi connectivity index (χ1) is 18.6. The summed E-state index contributed by atoms with van der Waals surface area (Å²) in [5.41, 5.74) is 1.83. The van der Waals surface area contributed by atoms with E-state index in [-0.39, 0.29) is 18.4 Å². The molecule has 9 heteroatoms. The number of aliphatic carboxylic acids is 1. The van der Waals surface area contributed by atoms with E-state index in [1.165, 1.54) is 0 Å². The molecule has 2 N–H and O–H groups in total. The predicted octanol–water partition coefficient (Wildman–Crippen LogP) is 5.97. The summed E-state index contributed by atoms with van der Waals surface area (Å²) in [6, 6.07) is 6.93. The second-order valence-electron chi connectivity index (χ2n) is 10.7. The van der Waals surface area contributed by atoms with E-state index in [9.17, 15) is 28.2 Å². The average molecular weight is 545 g/mol. The Kier molecular flexibility index (Phi) is 9.12. The summed E-state index contributed by atoms with van der Waals surface area (Å²) < 4.78 is 46.4. The van der Waals surface area contributed by atoms with Crippen LogP contribution in [0.3, 0.4) is 0 Å². The van der Waals surface area contributed by atoms with Crippen LogP contribution in [-0.2, 0) is 11.2 Å². The zero-order chi connectivity index (χ0) is 28.2. The SMILES string of the molecule is COc1ccc2ncc(C)c([C@@H](O)CCC3(CC(=O)O)CCN(CCCc4c(F)cc(F)cc4F)CC3)c2c1. The van der Waals surface area contributed by atoms with Crippen molar-refractivity contribution in [3.63, 3.8) is 0 Å². The summed E-state index contributed by atoms with van der Waals surface area (Å²) in [4.78, 5) is 18.4. The van der Waals surface area contributed by atoms with E-state index in [4.69, 9.17) is 4.74 Å². The van der Waals surface area contributed by atoms with Crippen molar-refractivity contribution in [2.24, 2.45) is 5.41 Å². The molecule has 2 aromatic carbocycles. The summed E-state index contributed by atoms with van der Waals surface area (Å²) in [6.45, 7) is 3.82. The highest BCUT2D eigenvalue weighted by Crippen LogP contribution is 2.42. The Bertz CT molecular complexity index is 1300. The fraction of sp³-hybridized carbons (Fsp3) is 0.467. The number of aliphatic hydroxyl groups excluding tert-OH is 1. The van der Waals surface area contributed by atoms with Crippen LogP contribution in [0.25, 0.3) is 10.9 Å². The second-order valence-corrected chi connectivity index (χ2v) is 10.7. The van der Waals surface area contributed by atoms with Gasteiger partial charge in [-0.05, 0) is 99.8 Å². The highest BCUT2D eigenvalue weighted by molar-refractivity contribution is 5.84. The molecule has 0 amide bonds. The molecule has 1 aliphatic rings. The normalized spacial score (nSPS) is 16.4. The van der Waals surface area contributed by atoms with Gasteiger partial charge in [0.05, 0.1) is 25.2 Å². The predicted molar refractivity (Wildman–Crippen MR) is 142 cm³/mol. The van der Waals surface area contributed by atoms with Crippen molar-refractivity contribution in [3.8, 4) is 5.75 Å². The van der Waals surface area contributed by atoms with E-state index >= 15 is 0 Å². The number of fused-ring (bicyclic) bond motifs is 1. The molecule has 3 aromatic rings. The van der Waals surface area contributed by atoms with Crippen LogP contribution in [-0.4, -0.2) is 52.8 Å². The van der Waals surface area contributed by atoms with Gasteiger partial charge in [-0.25, -0.2) is 13.2 Å². The van der Waals surface area contributed by atoms with Crippen LogP contribution in [0.5, 0.6) is 5.75 Å². The van der Waals surface area contributed by atoms with E-state index in [0.717, 1.165) is 22.0 Å². The summed E-state index contributed by atoms with van der Waals surface area (Å²) in [7, 11) is 1.59. The van der Waals surface area contributed by atoms with Gasteiger partial charge in [0.1, 0.15) is 23.2 Å². The fourth-order valence-electron chi connectivity index (χ4n) is 5.83. The third kappa shape index (κ3) is 6.89. The van der Waals surface area contributed by atoms with Gasteiger partial charge in [0.25, 0.3) is 0 Å². The maximum absolute atomic E-state index is 13.9. The maximum atomic E-state index is 13.9. The number of likely N-dealkylation sites (tertiary alicyclic amines) is 1. The number of aliphatic hydroxyl groups is 1. The van der Waals surface area contributed by atoms with E-state index in [1.807, 2.05) is 25.1 Å². The minimum absolute atomic E-state index is 0.0173. The van der Waals surface area contributed by atoms with Gasteiger partial charge in [0.15, 0.2) is 0 Å². The van der Waals surface area contributed by atoms with E-state index in [1.54, 1.807) is 13.3 Å². The van der Waals surface area contributed by atoms with Crippen molar-refractivity contribution >= 4 is 16.9 Å². The standard InChI is InChI=1S/C30H35F3N2O4/c1-19-18-34-26-6-5-21(39-2)16-23(26)29(19)27(36)7-8-30(17-28(37)38)9-12-35(13-10-30)11-3-4-22-24(32)14-20(31)15-25(22)33/h5-6,14-16,18,27,36H,3-4,7-13,17H2,1-2H3,(H,37,38)/t27-/m0/s1. The number of methoxy groups -OCH3 is 1. The molecule has 0 radical (unpaired) electrons. The van der Waals surface area contributed by atoms with Crippen LogP contribution in [0.2, 0.25) is 0 Å². The number of halogens is 3. The lowest BCUT2D eigenvalue weighted by atomic mass is 9.71. The number of pyridine rings is 1. The number of ether oxygens (including phenoxy) is 1. The zero-order valence-electron chi connectivity index (χ0n) is 22.4. The van der Waals surface area contributed by atoms with Gasteiger partial charge in [-0.1, -0.05) is 0 Å². The van der Waals surface area contributed by atoms with Crippen LogP contribution < -0.4 is 4.74 Å². The van der Waals surface area contributed by atoms with Crippen LogP contribution in [0.1, 0.15) is 61.3 Å². The van der Waals surface area contributed by atoms with Gasteiger partial charge in [-0.3, -0.25) is 9.78 Å². The zero-order valence-corrected chi connectivity index (χ0v) is 22.4. The molecule has 1 aliphatic heterocycles. The molecule has 0 unspecified atom stereocenters. The summed E-state index contributed by atoms with van der Waals surface area (Å²) in [5.74, 6) is -2.88. The highest BCUT2D eigenvalue weighted by Gasteiger charge is 2.37. The minimum Gasteiger partial charge on any atom is -0.497 e. The number of rotatable bonds is 11. The number of aryl methyl sites for hydroxylation is 1. The maximum Gasteiger partial charge on any atom is 0.303 e. The summed E-state index contributed by atoms with van der Waals surface area (Å²) in [5, 5.41) is 21.8. The van der Waals surface area contributed by atoms with Gasteiger partial charge >= 0.3 is 5.97 Å². The molecular weight excluding hydrogens is 509 g/mol. The van der Waals surface area contributed by atoms with Crippen molar-refractivity contribution in [1.29, 1.82) is 0 Å². The Morgan fingerprint density at radius 3 is 2.49 bits per heavy atom. The fourth-order valence-corrected chi connectivity index (χ4v) is 5.83. The third-order valence-electron chi connectivity index (χ3n) is 8.05. The Labute approximate surface area is 226 Å². The van der Waals surface area contributed by atoms with Crippen molar-refractivity contribution < 1.29 is 32.9 Å². The van der Waals surface area contributed by atoms with Gasteiger partial charge in [-0.15, -0.1) is 0 Å². The second kappa shape index (κ2) is 12.3. The molecule has 1 atom stereocenters. The number of aromatic nitrogens is 1. The quantitative estimate of drug-likeness (QED) is 0.309. The number of carbonyl (C=O) groups is 1. The van der Waals surface area contributed by atoms with Gasteiger partial charge in [0, 0.05) is 29.3 Å². The number of nitrogens with zero attached hydrogens (tertiary/aromatic N) is 2. The Hall–Kier alpha value is -3.17. The highest BCUT2D eigenvalue weighted by atomic mass is 19.1. The topological polar surface area (TPSA) is 82.9 Å². The molecule has 6 nitrogen and oxygen atoms in total. The van der Waals surface area contributed by atoms with Gasteiger partial charge < -0.3 is 19.8 Å². The molecule has 0 saturated carbocycles.